The van der Waals surface area contributed by atoms with E-state index in [1.54, 1.807) is 18.3 Å². The predicted octanol–water partition coefficient (Wildman–Crippen LogP) is 4.03. The highest BCUT2D eigenvalue weighted by Crippen LogP contribution is 2.12. The Kier molecular flexibility index (Phi) is 6.90. The molecule has 0 aliphatic carbocycles. The quantitative estimate of drug-likeness (QED) is 0.479. The molecule has 0 aliphatic rings. The Labute approximate surface area is 165 Å². The van der Waals surface area contributed by atoms with E-state index in [1.807, 2.05) is 54.7 Å². The minimum absolute atomic E-state index is 0.239. The first-order valence-corrected chi connectivity index (χ1v) is 9.29. The molecule has 1 amide bonds. The number of aromatic nitrogens is 1. The number of rotatable bonds is 8. The number of carbonyl (C=O) groups is 1. The minimum atomic E-state index is -0.239. The zero-order chi connectivity index (χ0) is 19.6. The zero-order valence-corrected chi connectivity index (χ0v) is 15.8. The molecular formula is C23H23N3O2. The first-order valence-electron chi connectivity index (χ1n) is 9.29. The standard InChI is InChI=1S/C23H23N3O2/c1-2-18-8-11-21(24-16-18)14-15-28-22-12-9-19(10-13-22)17-25-26-23(27)20-6-4-3-5-7-20/h3-13,16-17H,2,14-15H2,1H3,(H,26,27)/b25-17+. The van der Waals surface area contributed by atoms with Crippen molar-refractivity contribution < 1.29 is 9.53 Å². The summed E-state index contributed by atoms with van der Waals surface area (Å²) in [7, 11) is 0. The van der Waals surface area contributed by atoms with E-state index in [9.17, 15) is 4.79 Å². The van der Waals surface area contributed by atoms with Crippen molar-refractivity contribution in [3.05, 3.63) is 95.3 Å². The average Bonchev–Trinajstić information content (AvgIpc) is 2.76. The third kappa shape index (κ3) is 5.77. The van der Waals surface area contributed by atoms with Gasteiger partial charge in [0.05, 0.1) is 12.8 Å². The lowest BCUT2D eigenvalue weighted by atomic mass is 10.2. The van der Waals surface area contributed by atoms with Crippen LogP contribution in [0.4, 0.5) is 0 Å². The molecule has 0 aliphatic heterocycles. The van der Waals surface area contributed by atoms with E-state index in [4.69, 9.17) is 4.74 Å². The highest BCUT2D eigenvalue weighted by molar-refractivity contribution is 5.94. The van der Waals surface area contributed by atoms with E-state index >= 15 is 0 Å². The molecule has 5 nitrogen and oxygen atoms in total. The van der Waals surface area contributed by atoms with Crippen LogP contribution in [0.15, 0.2) is 78.0 Å². The van der Waals surface area contributed by atoms with Crippen LogP contribution in [0.2, 0.25) is 0 Å². The van der Waals surface area contributed by atoms with Crippen molar-refractivity contribution in [1.29, 1.82) is 0 Å². The zero-order valence-electron chi connectivity index (χ0n) is 15.8. The number of carbonyl (C=O) groups excluding carboxylic acids is 1. The monoisotopic (exact) mass is 373 g/mol. The SMILES string of the molecule is CCc1ccc(CCOc2ccc(/C=N/NC(=O)c3ccccc3)cc2)nc1. The molecule has 1 aromatic heterocycles. The number of nitrogens with one attached hydrogen (secondary N) is 1. The van der Waals surface area contributed by atoms with E-state index in [1.165, 1.54) is 5.56 Å². The van der Waals surface area contributed by atoms with E-state index in [0.29, 0.717) is 12.2 Å². The Bertz CT molecular complexity index is 905. The summed E-state index contributed by atoms with van der Waals surface area (Å²) in [6.07, 6.45) is 5.28. The second-order valence-corrected chi connectivity index (χ2v) is 6.24. The van der Waals surface area contributed by atoms with Crippen LogP contribution in [-0.4, -0.2) is 23.7 Å². The normalized spacial score (nSPS) is 10.8. The Balaban J connectivity index is 1.44. The highest BCUT2D eigenvalue weighted by Gasteiger charge is 2.02. The lowest BCUT2D eigenvalue weighted by Crippen LogP contribution is -2.17. The third-order valence-electron chi connectivity index (χ3n) is 4.22. The molecule has 0 spiro atoms. The predicted molar refractivity (Wildman–Crippen MR) is 111 cm³/mol. The summed E-state index contributed by atoms with van der Waals surface area (Å²) in [5, 5.41) is 3.99. The van der Waals surface area contributed by atoms with Crippen LogP contribution in [0.5, 0.6) is 5.75 Å². The van der Waals surface area contributed by atoms with Gasteiger partial charge < -0.3 is 4.74 Å². The Hall–Kier alpha value is -3.47. The number of hydrazone groups is 1. The maximum Gasteiger partial charge on any atom is 0.271 e. The number of benzene rings is 2. The number of aryl methyl sites for hydroxylation is 1. The van der Waals surface area contributed by atoms with E-state index in [0.717, 1.165) is 29.8 Å². The molecule has 0 saturated carbocycles. The van der Waals surface area contributed by atoms with Gasteiger partial charge in [0, 0.05) is 23.9 Å². The molecule has 0 unspecified atom stereocenters. The van der Waals surface area contributed by atoms with Gasteiger partial charge >= 0.3 is 0 Å². The van der Waals surface area contributed by atoms with Crippen molar-refractivity contribution in [3.63, 3.8) is 0 Å². The number of amides is 1. The topological polar surface area (TPSA) is 63.6 Å². The maximum absolute atomic E-state index is 11.9. The summed E-state index contributed by atoms with van der Waals surface area (Å²) < 4.78 is 5.77. The molecule has 0 atom stereocenters. The molecule has 0 radical (unpaired) electrons. The van der Waals surface area contributed by atoms with E-state index in [-0.39, 0.29) is 5.91 Å². The van der Waals surface area contributed by atoms with Gasteiger partial charge in [0.1, 0.15) is 5.75 Å². The Morgan fingerprint density at radius 3 is 2.54 bits per heavy atom. The van der Waals surface area contributed by atoms with Crippen molar-refractivity contribution in [2.45, 2.75) is 19.8 Å². The molecule has 1 heterocycles. The van der Waals surface area contributed by atoms with Gasteiger partial charge in [-0.25, -0.2) is 5.43 Å². The summed E-state index contributed by atoms with van der Waals surface area (Å²) in [5.41, 5.74) is 6.22. The number of hydrogen-bond acceptors (Lipinski definition) is 4. The number of nitrogens with zero attached hydrogens (tertiary/aromatic N) is 2. The summed E-state index contributed by atoms with van der Waals surface area (Å²) in [6, 6.07) is 20.7. The van der Waals surface area contributed by atoms with Gasteiger partial charge in [-0.2, -0.15) is 5.10 Å². The summed E-state index contributed by atoms with van der Waals surface area (Å²) in [4.78, 5) is 16.3. The Morgan fingerprint density at radius 1 is 1.07 bits per heavy atom. The molecule has 0 bridgehead atoms. The van der Waals surface area contributed by atoms with Gasteiger partial charge in [0.2, 0.25) is 0 Å². The molecule has 142 valence electrons. The number of hydrogen-bond donors (Lipinski definition) is 1. The summed E-state index contributed by atoms with van der Waals surface area (Å²) in [5.74, 6) is 0.549. The van der Waals surface area contributed by atoms with E-state index < -0.39 is 0 Å². The molecule has 2 aromatic carbocycles. The first kappa shape index (κ1) is 19.3. The second-order valence-electron chi connectivity index (χ2n) is 6.24. The fraction of sp³-hybridized carbons (Fsp3) is 0.174. The molecule has 0 saturated heterocycles. The smallest absolute Gasteiger partial charge is 0.271 e. The van der Waals surface area contributed by atoms with Crippen molar-refractivity contribution in [2.24, 2.45) is 5.10 Å². The van der Waals surface area contributed by atoms with Crippen LogP contribution >= 0.6 is 0 Å². The van der Waals surface area contributed by atoms with Crippen LogP contribution in [-0.2, 0) is 12.8 Å². The van der Waals surface area contributed by atoms with E-state index in [2.05, 4.69) is 28.5 Å². The second kappa shape index (κ2) is 10.0. The molecule has 1 N–H and O–H groups in total. The molecular weight excluding hydrogens is 350 g/mol. The lowest BCUT2D eigenvalue weighted by molar-refractivity contribution is 0.0955. The van der Waals surface area contributed by atoms with Gasteiger partial charge in [-0.05, 0) is 60.0 Å². The van der Waals surface area contributed by atoms with Gasteiger partial charge in [-0.3, -0.25) is 9.78 Å². The van der Waals surface area contributed by atoms with Crippen molar-refractivity contribution in [3.8, 4) is 5.75 Å². The molecule has 3 rings (SSSR count). The van der Waals surface area contributed by atoms with Crippen molar-refractivity contribution in [2.75, 3.05) is 6.61 Å². The molecule has 0 fully saturated rings. The first-order chi connectivity index (χ1) is 13.7. The molecule has 28 heavy (non-hydrogen) atoms. The average molecular weight is 373 g/mol. The van der Waals surface area contributed by atoms with Gasteiger partial charge in [0.25, 0.3) is 5.91 Å². The number of ether oxygens (including phenoxy) is 1. The van der Waals surface area contributed by atoms with Gasteiger partial charge in [-0.15, -0.1) is 0 Å². The largest absolute Gasteiger partial charge is 0.493 e. The molecule has 3 aromatic rings. The highest BCUT2D eigenvalue weighted by atomic mass is 16.5. The lowest BCUT2D eigenvalue weighted by Gasteiger charge is -2.06. The van der Waals surface area contributed by atoms with Crippen LogP contribution in [0.25, 0.3) is 0 Å². The van der Waals surface area contributed by atoms with Crippen LogP contribution in [0.1, 0.15) is 34.1 Å². The van der Waals surface area contributed by atoms with Crippen LogP contribution in [0.3, 0.4) is 0 Å². The number of pyridine rings is 1. The van der Waals surface area contributed by atoms with Gasteiger partial charge in [-0.1, -0.05) is 31.2 Å². The van der Waals surface area contributed by atoms with Gasteiger partial charge in [0.15, 0.2) is 0 Å². The van der Waals surface area contributed by atoms with Crippen molar-refractivity contribution >= 4 is 12.1 Å². The third-order valence-corrected chi connectivity index (χ3v) is 4.22. The van der Waals surface area contributed by atoms with Crippen LogP contribution in [0, 0.1) is 0 Å². The fourth-order valence-corrected chi connectivity index (χ4v) is 2.56. The molecule has 5 heteroatoms. The van der Waals surface area contributed by atoms with Crippen molar-refractivity contribution in [1.82, 2.24) is 10.4 Å². The maximum atomic E-state index is 11.9. The fourth-order valence-electron chi connectivity index (χ4n) is 2.56. The Morgan fingerprint density at radius 2 is 1.86 bits per heavy atom. The summed E-state index contributed by atoms with van der Waals surface area (Å²) >= 11 is 0. The minimum Gasteiger partial charge on any atom is -0.493 e. The van der Waals surface area contributed by atoms with Crippen LogP contribution < -0.4 is 10.2 Å². The summed E-state index contributed by atoms with van der Waals surface area (Å²) in [6.45, 7) is 2.68.